The first kappa shape index (κ1) is 17.6. The van der Waals surface area contributed by atoms with Crippen LogP contribution in [0.4, 0.5) is 0 Å². The van der Waals surface area contributed by atoms with Gasteiger partial charge in [-0.15, -0.1) is 0 Å². The minimum absolute atomic E-state index is 0.735. The zero-order chi connectivity index (χ0) is 15.6. The summed E-state index contributed by atoms with van der Waals surface area (Å²) in [5.41, 5.74) is 2.65. The van der Waals surface area contributed by atoms with E-state index in [1.807, 2.05) is 30.5 Å². The second-order valence-electron chi connectivity index (χ2n) is 5.12. The molecule has 1 aliphatic rings. The molecule has 0 fully saturated rings. The van der Waals surface area contributed by atoms with E-state index in [0.717, 1.165) is 48.6 Å². The molecule has 0 aliphatic carbocycles. The Kier molecular flexibility index (Phi) is 8.04. The lowest BCUT2D eigenvalue weighted by atomic mass is 10.0. The third-order valence-corrected chi connectivity index (χ3v) is 4.67. The van der Waals surface area contributed by atoms with Gasteiger partial charge in [0.25, 0.3) is 0 Å². The molecule has 3 nitrogen and oxygen atoms in total. The van der Waals surface area contributed by atoms with E-state index in [-0.39, 0.29) is 0 Å². The van der Waals surface area contributed by atoms with Crippen LogP contribution in [0.5, 0.6) is 0 Å². The quantitative estimate of drug-likeness (QED) is 0.373. The van der Waals surface area contributed by atoms with Crippen LogP contribution in [0.25, 0.3) is 0 Å². The summed E-state index contributed by atoms with van der Waals surface area (Å²) in [6.45, 7) is 0.735. The van der Waals surface area contributed by atoms with Gasteiger partial charge in [0.1, 0.15) is 5.84 Å². The van der Waals surface area contributed by atoms with Crippen LogP contribution in [0, 0.1) is 0 Å². The molecule has 0 aromatic heterocycles. The predicted octanol–water partition coefficient (Wildman–Crippen LogP) is 5.19. The summed E-state index contributed by atoms with van der Waals surface area (Å²) in [6, 6.07) is 7.88. The van der Waals surface area contributed by atoms with Crippen LogP contribution in [-0.2, 0) is 6.54 Å². The highest BCUT2D eigenvalue weighted by Gasteiger charge is 2.03. The first-order valence-corrected chi connectivity index (χ1v) is 9.74. The molecular weight excluding hydrogens is 407 g/mol. The lowest BCUT2D eigenvalue weighted by Gasteiger charge is -2.11. The number of halogens is 1. The molecule has 0 spiro atoms. The maximum atomic E-state index is 8.99. The van der Waals surface area contributed by atoms with Crippen molar-refractivity contribution in [2.24, 2.45) is 4.99 Å². The lowest BCUT2D eigenvalue weighted by molar-refractivity contribution is 0.664. The normalized spacial score (nSPS) is 21.0. The molecule has 0 unspecified atom stereocenters. The number of aliphatic imine (C=N–C) groups is 1. The topological polar surface area (TPSA) is 44.6 Å². The van der Waals surface area contributed by atoms with E-state index < -0.39 is 0 Å². The molecule has 22 heavy (non-hydrogen) atoms. The number of amidine groups is 1. The van der Waals surface area contributed by atoms with Crippen molar-refractivity contribution < 1.29 is 4.55 Å². The molecule has 2 rings (SSSR count). The zero-order valence-corrected chi connectivity index (χ0v) is 15.4. The lowest BCUT2D eigenvalue weighted by Crippen LogP contribution is -2.21. The number of nitrogens with zero attached hydrogens (tertiary/aromatic N) is 1. The maximum absolute atomic E-state index is 8.99. The van der Waals surface area contributed by atoms with Gasteiger partial charge in [0.15, 0.2) is 0 Å². The molecule has 0 radical (unpaired) electrons. The van der Waals surface area contributed by atoms with E-state index in [0.29, 0.717) is 0 Å². The Morgan fingerprint density at radius 2 is 2.09 bits per heavy atom. The fraction of sp³-hybridized carbons (Fsp3) is 0.353. The Morgan fingerprint density at radius 1 is 1.27 bits per heavy atom. The second-order valence-corrected chi connectivity index (χ2v) is 6.85. The summed E-state index contributed by atoms with van der Waals surface area (Å²) in [7, 11) is 0. The highest BCUT2D eigenvalue weighted by atomic mass is 127. The van der Waals surface area contributed by atoms with Gasteiger partial charge >= 0.3 is 0 Å². The number of benzene rings is 1. The molecular formula is C17H21IN2OS. The molecule has 0 amide bonds. The van der Waals surface area contributed by atoms with Gasteiger partial charge in [-0.05, 0) is 53.9 Å². The van der Waals surface area contributed by atoms with E-state index in [1.165, 1.54) is 22.0 Å². The number of alkyl halides is 1. The van der Waals surface area contributed by atoms with E-state index in [1.54, 1.807) is 0 Å². The summed E-state index contributed by atoms with van der Waals surface area (Å²) in [5, 5.41) is 3.40. The maximum Gasteiger partial charge on any atom is 0.126 e. The van der Waals surface area contributed by atoms with Crippen molar-refractivity contribution in [2.45, 2.75) is 37.1 Å². The first-order chi connectivity index (χ1) is 10.8. The molecule has 118 valence electrons. The van der Waals surface area contributed by atoms with Gasteiger partial charge in [0, 0.05) is 29.7 Å². The van der Waals surface area contributed by atoms with Gasteiger partial charge in [-0.1, -0.05) is 46.4 Å². The van der Waals surface area contributed by atoms with E-state index in [9.17, 15) is 0 Å². The monoisotopic (exact) mass is 428 g/mol. The summed E-state index contributed by atoms with van der Waals surface area (Å²) < 4.78 is 10.2. The van der Waals surface area contributed by atoms with Crippen LogP contribution in [0.15, 0.2) is 58.1 Å². The number of rotatable bonds is 6. The van der Waals surface area contributed by atoms with E-state index in [4.69, 9.17) is 4.55 Å². The van der Waals surface area contributed by atoms with Gasteiger partial charge < -0.3 is 9.87 Å². The largest absolute Gasteiger partial charge is 0.366 e. The van der Waals surface area contributed by atoms with Gasteiger partial charge in [-0.2, -0.15) is 0 Å². The standard InChI is InChI=1S/C17H21IN2OS/c18-10-3-5-14-4-1-2-11-19-17(12-14)20-13-15-6-8-16(22-21)9-7-15/h2,6-9,11-12,21H,1,3-5,10,13H2,(H,19,20)/b11-2-,14-12+. The average Bonchev–Trinajstić information content (AvgIpc) is 2.53. The van der Waals surface area contributed by atoms with Gasteiger partial charge in [0.05, 0.1) is 0 Å². The molecule has 1 heterocycles. The van der Waals surface area contributed by atoms with Crippen molar-refractivity contribution in [3.05, 3.63) is 53.8 Å². The molecule has 0 saturated heterocycles. The Hall–Kier alpha value is -0.790. The van der Waals surface area contributed by atoms with Crippen molar-refractivity contribution in [3.63, 3.8) is 0 Å². The van der Waals surface area contributed by atoms with Crippen molar-refractivity contribution in [2.75, 3.05) is 4.43 Å². The fourth-order valence-corrected chi connectivity index (χ4v) is 2.87. The van der Waals surface area contributed by atoms with Crippen molar-refractivity contribution in [1.82, 2.24) is 5.32 Å². The summed E-state index contributed by atoms with van der Waals surface area (Å²) in [6.07, 6.45) is 10.8. The minimum atomic E-state index is 0.735. The van der Waals surface area contributed by atoms with Gasteiger partial charge in [-0.3, -0.25) is 0 Å². The van der Waals surface area contributed by atoms with E-state index in [2.05, 4.69) is 45.1 Å². The smallest absolute Gasteiger partial charge is 0.126 e. The molecule has 2 N–H and O–H groups in total. The average molecular weight is 428 g/mol. The molecule has 0 bridgehead atoms. The molecule has 1 aliphatic heterocycles. The van der Waals surface area contributed by atoms with Crippen LogP contribution in [-0.4, -0.2) is 14.8 Å². The van der Waals surface area contributed by atoms with Crippen LogP contribution in [0.3, 0.4) is 0 Å². The van der Waals surface area contributed by atoms with Crippen molar-refractivity contribution in [1.29, 1.82) is 0 Å². The predicted molar refractivity (Wildman–Crippen MR) is 104 cm³/mol. The highest BCUT2D eigenvalue weighted by molar-refractivity contribution is 14.1. The third-order valence-electron chi connectivity index (χ3n) is 3.43. The Labute approximate surface area is 150 Å². The molecule has 1 aromatic rings. The number of hydrogen-bond acceptors (Lipinski definition) is 4. The number of nitrogens with one attached hydrogen (secondary N) is 1. The SMILES string of the molecule is OSc1ccc(CNC2=N/C=C\CC/C(CCCI)=C\2)cc1. The van der Waals surface area contributed by atoms with Gasteiger partial charge in [0.2, 0.25) is 0 Å². The van der Waals surface area contributed by atoms with Gasteiger partial charge in [-0.25, -0.2) is 4.99 Å². The highest BCUT2D eigenvalue weighted by Crippen LogP contribution is 2.16. The van der Waals surface area contributed by atoms with Crippen molar-refractivity contribution in [3.8, 4) is 0 Å². The van der Waals surface area contributed by atoms with E-state index >= 15 is 0 Å². The summed E-state index contributed by atoms with van der Waals surface area (Å²) in [4.78, 5) is 5.35. The summed E-state index contributed by atoms with van der Waals surface area (Å²) >= 11 is 3.20. The molecule has 0 atom stereocenters. The van der Waals surface area contributed by atoms with Crippen LogP contribution in [0.2, 0.25) is 0 Å². The van der Waals surface area contributed by atoms with Crippen LogP contribution >= 0.6 is 34.6 Å². The zero-order valence-electron chi connectivity index (χ0n) is 12.5. The molecule has 0 saturated carbocycles. The third kappa shape index (κ3) is 6.14. The Balaban J connectivity index is 1.98. The first-order valence-electron chi connectivity index (χ1n) is 7.44. The second kappa shape index (κ2) is 10.1. The molecule has 5 heteroatoms. The fourth-order valence-electron chi connectivity index (χ4n) is 2.23. The Bertz CT molecular complexity index is 552. The minimum Gasteiger partial charge on any atom is -0.366 e. The number of allylic oxidation sites excluding steroid dienone is 2. The van der Waals surface area contributed by atoms with Crippen LogP contribution < -0.4 is 5.32 Å². The Morgan fingerprint density at radius 3 is 2.82 bits per heavy atom. The van der Waals surface area contributed by atoms with Crippen molar-refractivity contribution >= 4 is 40.5 Å². The number of hydrogen-bond donors (Lipinski definition) is 2. The molecule has 1 aromatic carbocycles. The van der Waals surface area contributed by atoms with Crippen LogP contribution in [0.1, 0.15) is 31.2 Å². The summed E-state index contributed by atoms with van der Waals surface area (Å²) in [5.74, 6) is 0.931.